The molecule has 0 saturated heterocycles. The van der Waals surface area contributed by atoms with E-state index in [9.17, 15) is 0 Å². The van der Waals surface area contributed by atoms with Crippen molar-refractivity contribution in [3.05, 3.63) is 24.3 Å². The molecule has 1 saturated carbocycles. The second-order valence-electron chi connectivity index (χ2n) is 5.66. The summed E-state index contributed by atoms with van der Waals surface area (Å²) in [6.07, 6.45) is 5.02. The average molecular weight is 275 g/mol. The number of hydrogen-bond acceptors (Lipinski definition) is 4. The van der Waals surface area contributed by atoms with E-state index in [1.807, 2.05) is 6.07 Å². The van der Waals surface area contributed by atoms with Crippen LogP contribution in [0.3, 0.4) is 0 Å². The molecule has 0 aliphatic heterocycles. The first-order valence-electron chi connectivity index (χ1n) is 7.08. The Hall–Kier alpha value is -1.13. The second-order valence-corrected chi connectivity index (χ2v) is 6.43. The fourth-order valence-corrected chi connectivity index (χ4v) is 4.03. The fraction of sp³-hybridized carbons (Fsp3) is 0.533. The summed E-state index contributed by atoms with van der Waals surface area (Å²) in [5.41, 5.74) is 7.23. The lowest BCUT2D eigenvalue weighted by molar-refractivity contribution is 0.236. The second kappa shape index (κ2) is 5.10. The largest absolute Gasteiger partial charge is 0.368 e. The molecular weight excluding hydrogens is 254 g/mol. The summed E-state index contributed by atoms with van der Waals surface area (Å²) in [5, 5.41) is 6.14. The first kappa shape index (κ1) is 12.9. The van der Waals surface area contributed by atoms with Gasteiger partial charge in [-0.15, -0.1) is 0 Å². The van der Waals surface area contributed by atoms with Gasteiger partial charge in [0.1, 0.15) is 5.00 Å². The van der Waals surface area contributed by atoms with Crippen LogP contribution in [0.5, 0.6) is 0 Å². The lowest BCUT2D eigenvalue weighted by Gasteiger charge is -2.43. The molecule has 2 atom stereocenters. The van der Waals surface area contributed by atoms with Crippen LogP contribution in [-0.2, 0) is 0 Å². The molecule has 0 amide bonds. The minimum atomic E-state index is 0.0492. The Bertz CT molecular complexity index is 565. The van der Waals surface area contributed by atoms with Gasteiger partial charge >= 0.3 is 0 Å². The van der Waals surface area contributed by atoms with Gasteiger partial charge < -0.3 is 11.1 Å². The highest BCUT2D eigenvalue weighted by atomic mass is 32.1. The molecule has 1 aliphatic rings. The molecule has 3 rings (SSSR count). The highest BCUT2D eigenvalue weighted by molar-refractivity contribution is 7.11. The Balaban J connectivity index is 1.94. The van der Waals surface area contributed by atoms with Gasteiger partial charge in [0.15, 0.2) is 0 Å². The van der Waals surface area contributed by atoms with Crippen molar-refractivity contribution in [1.29, 1.82) is 0 Å². The summed E-state index contributed by atoms with van der Waals surface area (Å²) in [4.78, 5) is 0. The van der Waals surface area contributed by atoms with E-state index in [0.29, 0.717) is 12.5 Å². The fourth-order valence-electron chi connectivity index (χ4n) is 3.16. The first-order valence-corrected chi connectivity index (χ1v) is 7.85. The summed E-state index contributed by atoms with van der Waals surface area (Å²) >= 11 is 1.56. The quantitative estimate of drug-likeness (QED) is 0.899. The summed E-state index contributed by atoms with van der Waals surface area (Å²) < 4.78 is 4.51. The SMILES string of the molecule is CC1CCCCC1(CN)Nc1snc2ccccc12. The molecule has 1 aliphatic carbocycles. The Labute approximate surface area is 118 Å². The number of nitrogens with zero attached hydrogens (tertiary/aromatic N) is 1. The molecule has 4 heteroatoms. The van der Waals surface area contributed by atoms with Gasteiger partial charge in [0.05, 0.1) is 11.1 Å². The summed E-state index contributed by atoms with van der Waals surface area (Å²) in [7, 11) is 0. The molecule has 19 heavy (non-hydrogen) atoms. The Morgan fingerprint density at radius 3 is 3.05 bits per heavy atom. The number of fused-ring (bicyclic) bond motifs is 1. The number of benzene rings is 1. The lowest BCUT2D eigenvalue weighted by Crippen LogP contribution is -2.52. The van der Waals surface area contributed by atoms with E-state index in [-0.39, 0.29) is 5.54 Å². The normalized spacial score (nSPS) is 27.6. The first-order chi connectivity index (χ1) is 9.25. The number of nitrogens with two attached hydrogens (primary N) is 1. The maximum absolute atomic E-state index is 6.11. The van der Waals surface area contributed by atoms with Crippen molar-refractivity contribution in [2.75, 3.05) is 11.9 Å². The molecule has 1 heterocycles. The predicted octanol–water partition coefficient (Wildman–Crippen LogP) is 3.62. The maximum Gasteiger partial charge on any atom is 0.117 e. The number of rotatable bonds is 3. The minimum absolute atomic E-state index is 0.0492. The smallest absolute Gasteiger partial charge is 0.117 e. The third-order valence-corrected chi connectivity index (χ3v) is 5.36. The molecule has 2 aromatic rings. The molecule has 1 fully saturated rings. The number of anilines is 1. The van der Waals surface area contributed by atoms with Gasteiger partial charge in [-0.1, -0.05) is 31.9 Å². The van der Waals surface area contributed by atoms with Gasteiger partial charge in [0.2, 0.25) is 0 Å². The minimum Gasteiger partial charge on any atom is -0.368 e. The van der Waals surface area contributed by atoms with Gasteiger partial charge in [0.25, 0.3) is 0 Å². The Kier molecular flexibility index (Phi) is 3.46. The third-order valence-electron chi connectivity index (χ3n) is 4.56. The molecule has 1 aromatic heterocycles. The molecule has 2 unspecified atom stereocenters. The molecule has 3 nitrogen and oxygen atoms in total. The van der Waals surface area contributed by atoms with E-state index in [4.69, 9.17) is 5.73 Å². The van der Waals surface area contributed by atoms with Crippen molar-refractivity contribution in [2.45, 2.75) is 38.1 Å². The van der Waals surface area contributed by atoms with Gasteiger partial charge in [-0.3, -0.25) is 0 Å². The van der Waals surface area contributed by atoms with Crippen LogP contribution in [0.15, 0.2) is 24.3 Å². The molecule has 0 spiro atoms. The average Bonchev–Trinajstić information content (AvgIpc) is 2.85. The molecular formula is C15H21N3S. The van der Waals surface area contributed by atoms with Crippen molar-refractivity contribution in [2.24, 2.45) is 11.7 Å². The van der Waals surface area contributed by atoms with Crippen LogP contribution >= 0.6 is 11.5 Å². The van der Waals surface area contributed by atoms with E-state index in [0.717, 1.165) is 11.9 Å². The number of nitrogens with one attached hydrogen (secondary N) is 1. The van der Waals surface area contributed by atoms with Crippen LogP contribution in [0.25, 0.3) is 10.9 Å². The highest BCUT2D eigenvalue weighted by Crippen LogP contribution is 2.38. The van der Waals surface area contributed by atoms with Crippen molar-refractivity contribution in [1.82, 2.24) is 4.37 Å². The molecule has 3 N–H and O–H groups in total. The maximum atomic E-state index is 6.11. The van der Waals surface area contributed by atoms with Crippen LogP contribution in [0.4, 0.5) is 5.00 Å². The van der Waals surface area contributed by atoms with Gasteiger partial charge in [-0.05, 0) is 42.4 Å². The molecule has 102 valence electrons. The van der Waals surface area contributed by atoms with E-state index >= 15 is 0 Å². The summed E-state index contributed by atoms with van der Waals surface area (Å²) in [5.74, 6) is 0.618. The zero-order valence-corrected chi connectivity index (χ0v) is 12.2. The van der Waals surface area contributed by atoms with Gasteiger partial charge in [-0.2, -0.15) is 4.37 Å². The summed E-state index contributed by atoms with van der Waals surface area (Å²) in [6, 6.07) is 8.31. The number of aromatic nitrogens is 1. The van der Waals surface area contributed by atoms with Crippen molar-refractivity contribution in [3.63, 3.8) is 0 Å². The zero-order chi connectivity index (χ0) is 13.3. The highest BCUT2D eigenvalue weighted by Gasteiger charge is 2.37. The zero-order valence-electron chi connectivity index (χ0n) is 11.4. The molecule has 1 aromatic carbocycles. The van der Waals surface area contributed by atoms with Crippen LogP contribution in [-0.4, -0.2) is 16.5 Å². The van der Waals surface area contributed by atoms with E-state index in [1.165, 1.54) is 29.6 Å². The van der Waals surface area contributed by atoms with Gasteiger partial charge in [0, 0.05) is 11.9 Å². The van der Waals surface area contributed by atoms with E-state index in [2.05, 4.69) is 34.8 Å². The van der Waals surface area contributed by atoms with Crippen LogP contribution in [0, 0.1) is 5.92 Å². The standard InChI is InChI=1S/C15H21N3S/c1-11-6-4-5-9-15(11,10-16)17-14-12-7-2-3-8-13(12)18-19-14/h2-3,7-8,11,17H,4-6,9-10,16H2,1H3. The Morgan fingerprint density at radius 2 is 2.26 bits per heavy atom. The van der Waals surface area contributed by atoms with E-state index < -0.39 is 0 Å². The Morgan fingerprint density at radius 1 is 1.42 bits per heavy atom. The van der Waals surface area contributed by atoms with Crippen LogP contribution in [0.1, 0.15) is 32.6 Å². The third kappa shape index (κ3) is 2.23. The number of hydrogen-bond donors (Lipinski definition) is 2. The van der Waals surface area contributed by atoms with Crippen LogP contribution in [0.2, 0.25) is 0 Å². The summed E-state index contributed by atoms with van der Waals surface area (Å²) in [6.45, 7) is 3.02. The van der Waals surface area contributed by atoms with Crippen molar-refractivity contribution >= 4 is 27.4 Å². The van der Waals surface area contributed by atoms with E-state index in [1.54, 1.807) is 11.5 Å². The van der Waals surface area contributed by atoms with Gasteiger partial charge in [-0.25, -0.2) is 0 Å². The monoisotopic (exact) mass is 275 g/mol. The molecule has 0 radical (unpaired) electrons. The molecule has 0 bridgehead atoms. The van der Waals surface area contributed by atoms with Crippen molar-refractivity contribution < 1.29 is 0 Å². The van der Waals surface area contributed by atoms with Crippen molar-refractivity contribution in [3.8, 4) is 0 Å². The van der Waals surface area contributed by atoms with Crippen LogP contribution < -0.4 is 11.1 Å². The lowest BCUT2D eigenvalue weighted by atomic mass is 9.73. The topological polar surface area (TPSA) is 50.9 Å². The predicted molar refractivity (Wildman–Crippen MR) is 82.7 cm³/mol.